The Morgan fingerprint density at radius 2 is 1.91 bits per heavy atom. The fourth-order valence-corrected chi connectivity index (χ4v) is 3.68. The van der Waals surface area contributed by atoms with Gasteiger partial charge in [0.25, 0.3) is 0 Å². The molecule has 0 spiro atoms. The van der Waals surface area contributed by atoms with Gasteiger partial charge in [-0.05, 0) is 56.2 Å². The molecule has 1 N–H and O–H groups in total. The van der Waals surface area contributed by atoms with Gasteiger partial charge in [0.2, 0.25) is 0 Å². The van der Waals surface area contributed by atoms with Gasteiger partial charge in [0.1, 0.15) is 5.75 Å². The highest BCUT2D eigenvalue weighted by Crippen LogP contribution is 2.40. The van der Waals surface area contributed by atoms with Crippen LogP contribution in [0.25, 0.3) is 0 Å². The minimum atomic E-state index is -0.779. The molecule has 0 amide bonds. The second kappa shape index (κ2) is 7.38. The molecule has 3 heteroatoms. The first kappa shape index (κ1) is 16.4. The molecule has 1 aromatic carbocycles. The van der Waals surface area contributed by atoms with E-state index in [0.717, 1.165) is 37.0 Å². The number of rotatable bonds is 5. The second-order valence-electron chi connectivity index (χ2n) is 6.84. The van der Waals surface area contributed by atoms with Crippen molar-refractivity contribution in [1.29, 1.82) is 0 Å². The van der Waals surface area contributed by atoms with Crippen molar-refractivity contribution in [3.05, 3.63) is 29.8 Å². The van der Waals surface area contributed by atoms with Crippen molar-refractivity contribution in [2.75, 3.05) is 6.79 Å². The summed E-state index contributed by atoms with van der Waals surface area (Å²) >= 11 is 0. The normalized spacial score (nSPS) is 28.4. The van der Waals surface area contributed by atoms with Gasteiger partial charge in [-0.15, -0.1) is 12.3 Å². The molecule has 0 bridgehead atoms. The largest absolute Gasteiger partial charge is 0.468 e. The molecule has 2 saturated carbocycles. The molecule has 2 fully saturated rings. The number of hydrogen-bond acceptors (Lipinski definition) is 3. The van der Waals surface area contributed by atoms with Gasteiger partial charge in [-0.1, -0.05) is 25.0 Å². The summed E-state index contributed by atoms with van der Waals surface area (Å²) in [5.41, 5.74) is 0.144. The Bertz CT molecular complexity index is 546. The van der Waals surface area contributed by atoms with E-state index in [9.17, 15) is 5.11 Å². The van der Waals surface area contributed by atoms with Crippen molar-refractivity contribution < 1.29 is 14.6 Å². The van der Waals surface area contributed by atoms with Crippen LogP contribution in [0.4, 0.5) is 0 Å². The lowest BCUT2D eigenvalue weighted by Gasteiger charge is -2.35. The molecular weight excluding hydrogens is 288 g/mol. The van der Waals surface area contributed by atoms with Crippen LogP contribution in [0.3, 0.4) is 0 Å². The van der Waals surface area contributed by atoms with E-state index in [-0.39, 0.29) is 6.79 Å². The van der Waals surface area contributed by atoms with Crippen LogP contribution >= 0.6 is 0 Å². The summed E-state index contributed by atoms with van der Waals surface area (Å²) in [6.45, 7) is 0.283. The first-order valence-electron chi connectivity index (χ1n) is 8.73. The average Bonchev–Trinajstić information content (AvgIpc) is 3.09. The summed E-state index contributed by atoms with van der Waals surface area (Å²) in [5.74, 6) is 3.86. The minimum Gasteiger partial charge on any atom is -0.468 e. The van der Waals surface area contributed by atoms with E-state index in [1.165, 1.54) is 12.8 Å². The molecule has 0 heterocycles. The molecular formula is C20H26O3. The number of terminal acetylenes is 1. The number of ether oxygens (including phenoxy) is 2. The Morgan fingerprint density at radius 1 is 1.17 bits per heavy atom. The highest BCUT2D eigenvalue weighted by molar-refractivity contribution is 5.32. The lowest BCUT2D eigenvalue weighted by Crippen LogP contribution is -2.31. The van der Waals surface area contributed by atoms with Gasteiger partial charge in [-0.2, -0.15) is 0 Å². The third kappa shape index (κ3) is 4.07. The topological polar surface area (TPSA) is 38.7 Å². The molecule has 0 radical (unpaired) electrons. The molecule has 0 aliphatic heterocycles. The SMILES string of the molecule is C#CC1CCC(O)(c2cccc(OCOC3CCCC3)c2)CC1. The monoisotopic (exact) mass is 314 g/mol. The molecule has 3 rings (SSSR count). The van der Waals surface area contributed by atoms with Crippen LogP contribution in [-0.4, -0.2) is 18.0 Å². The van der Waals surface area contributed by atoms with Crippen molar-refractivity contribution in [3.63, 3.8) is 0 Å². The van der Waals surface area contributed by atoms with Crippen molar-refractivity contribution in [1.82, 2.24) is 0 Å². The Morgan fingerprint density at radius 3 is 2.61 bits per heavy atom. The third-order valence-electron chi connectivity index (χ3n) is 5.25. The predicted octanol–water partition coefficient (Wildman–Crippen LogP) is 3.99. The van der Waals surface area contributed by atoms with Crippen LogP contribution in [0.15, 0.2) is 24.3 Å². The first-order chi connectivity index (χ1) is 11.2. The molecule has 0 unspecified atom stereocenters. The van der Waals surface area contributed by atoms with E-state index in [0.29, 0.717) is 24.9 Å². The summed E-state index contributed by atoms with van der Waals surface area (Å²) in [6, 6.07) is 7.76. The lowest BCUT2D eigenvalue weighted by atomic mass is 9.75. The first-order valence-corrected chi connectivity index (χ1v) is 8.73. The maximum absolute atomic E-state index is 10.9. The molecule has 0 saturated heterocycles. The van der Waals surface area contributed by atoms with Crippen molar-refractivity contribution in [3.8, 4) is 18.1 Å². The summed E-state index contributed by atoms with van der Waals surface area (Å²) in [6.07, 6.45) is 13.8. The van der Waals surface area contributed by atoms with Crippen LogP contribution in [-0.2, 0) is 10.3 Å². The van der Waals surface area contributed by atoms with Crippen molar-refractivity contribution >= 4 is 0 Å². The van der Waals surface area contributed by atoms with Gasteiger partial charge >= 0.3 is 0 Å². The van der Waals surface area contributed by atoms with Crippen LogP contribution < -0.4 is 4.74 Å². The van der Waals surface area contributed by atoms with E-state index >= 15 is 0 Å². The standard InChI is InChI=1S/C20H26O3/c1-2-16-10-12-20(21,13-11-16)17-6-5-9-19(14-17)23-15-22-18-7-3-4-8-18/h1,5-6,9,14,16,18,21H,3-4,7-8,10-13,15H2. The van der Waals surface area contributed by atoms with E-state index in [1.807, 2.05) is 24.3 Å². The Kier molecular flexibility index (Phi) is 5.25. The number of hydrogen-bond donors (Lipinski definition) is 1. The Balaban J connectivity index is 1.57. The molecule has 2 aliphatic rings. The molecule has 2 aliphatic carbocycles. The van der Waals surface area contributed by atoms with E-state index < -0.39 is 5.60 Å². The smallest absolute Gasteiger partial charge is 0.189 e. The Hall–Kier alpha value is -1.50. The summed E-state index contributed by atoms with van der Waals surface area (Å²) in [5, 5.41) is 10.9. The summed E-state index contributed by atoms with van der Waals surface area (Å²) in [4.78, 5) is 0. The van der Waals surface area contributed by atoms with Gasteiger partial charge < -0.3 is 14.6 Å². The van der Waals surface area contributed by atoms with Crippen LogP contribution in [0.2, 0.25) is 0 Å². The zero-order chi connectivity index (χ0) is 16.1. The van der Waals surface area contributed by atoms with Crippen molar-refractivity contribution in [2.24, 2.45) is 5.92 Å². The zero-order valence-electron chi connectivity index (χ0n) is 13.7. The maximum atomic E-state index is 10.9. The molecule has 1 aromatic rings. The van der Waals surface area contributed by atoms with E-state index in [2.05, 4.69) is 5.92 Å². The highest BCUT2D eigenvalue weighted by atomic mass is 16.7. The molecule has 0 atom stereocenters. The fraction of sp³-hybridized carbons (Fsp3) is 0.600. The maximum Gasteiger partial charge on any atom is 0.189 e. The van der Waals surface area contributed by atoms with Crippen LogP contribution in [0.5, 0.6) is 5.75 Å². The van der Waals surface area contributed by atoms with Crippen molar-refractivity contribution in [2.45, 2.75) is 63.1 Å². The average molecular weight is 314 g/mol. The van der Waals surface area contributed by atoms with Gasteiger partial charge in [-0.3, -0.25) is 0 Å². The third-order valence-corrected chi connectivity index (χ3v) is 5.25. The van der Waals surface area contributed by atoms with Gasteiger partial charge in [0.05, 0.1) is 11.7 Å². The fourth-order valence-electron chi connectivity index (χ4n) is 3.68. The van der Waals surface area contributed by atoms with Gasteiger partial charge in [0.15, 0.2) is 6.79 Å². The van der Waals surface area contributed by atoms with Gasteiger partial charge in [-0.25, -0.2) is 0 Å². The Labute approximate surface area is 139 Å². The number of aliphatic hydroxyl groups is 1. The molecule has 0 aromatic heterocycles. The molecule has 3 nitrogen and oxygen atoms in total. The van der Waals surface area contributed by atoms with Crippen LogP contribution in [0.1, 0.15) is 56.9 Å². The number of benzene rings is 1. The van der Waals surface area contributed by atoms with E-state index in [4.69, 9.17) is 15.9 Å². The molecule has 124 valence electrons. The zero-order valence-corrected chi connectivity index (χ0v) is 13.7. The minimum absolute atomic E-state index is 0.283. The molecule has 23 heavy (non-hydrogen) atoms. The highest BCUT2D eigenvalue weighted by Gasteiger charge is 2.34. The summed E-state index contributed by atoms with van der Waals surface area (Å²) in [7, 11) is 0. The van der Waals surface area contributed by atoms with Gasteiger partial charge in [0, 0.05) is 5.92 Å². The second-order valence-corrected chi connectivity index (χ2v) is 6.84. The quantitative estimate of drug-likeness (QED) is 0.659. The lowest BCUT2D eigenvalue weighted by molar-refractivity contribution is -0.0333. The van der Waals surface area contributed by atoms with Crippen LogP contribution in [0, 0.1) is 18.3 Å². The predicted molar refractivity (Wildman–Crippen MR) is 90.0 cm³/mol. The van der Waals surface area contributed by atoms with E-state index in [1.54, 1.807) is 0 Å². The summed E-state index contributed by atoms with van der Waals surface area (Å²) < 4.78 is 11.5.